The van der Waals surface area contributed by atoms with E-state index in [9.17, 15) is 0 Å². The summed E-state index contributed by atoms with van der Waals surface area (Å²) in [5.41, 5.74) is 1.31. The number of nitrogens with zero attached hydrogens (tertiary/aromatic N) is 1. The highest BCUT2D eigenvalue weighted by molar-refractivity contribution is 6.30. The van der Waals surface area contributed by atoms with Crippen LogP contribution >= 0.6 is 11.6 Å². The number of rotatable bonds is 3. The first kappa shape index (κ1) is 14.6. The minimum absolute atomic E-state index is 0.155. The Balaban J connectivity index is 2.13. The van der Waals surface area contributed by atoms with Crippen LogP contribution in [0.25, 0.3) is 0 Å². The molecule has 1 aliphatic heterocycles. The summed E-state index contributed by atoms with van der Waals surface area (Å²) in [5, 5.41) is 4.34. The first-order valence-corrected chi connectivity index (χ1v) is 7.18. The highest BCUT2D eigenvalue weighted by Crippen LogP contribution is 2.25. The zero-order valence-electron chi connectivity index (χ0n) is 12.0. The van der Waals surface area contributed by atoms with Crippen molar-refractivity contribution in [3.05, 3.63) is 28.8 Å². The van der Waals surface area contributed by atoms with Crippen LogP contribution < -0.4 is 10.1 Å². The van der Waals surface area contributed by atoms with Gasteiger partial charge in [0, 0.05) is 29.2 Å². The average molecular weight is 283 g/mol. The molecule has 1 aromatic carbocycles. The van der Waals surface area contributed by atoms with E-state index in [0.29, 0.717) is 0 Å². The maximum Gasteiger partial charge on any atom is 0.123 e. The van der Waals surface area contributed by atoms with Crippen molar-refractivity contribution in [3.8, 4) is 5.75 Å². The fourth-order valence-corrected chi connectivity index (χ4v) is 2.86. The number of ether oxygens (including phenoxy) is 1. The molecule has 2 rings (SSSR count). The van der Waals surface area contributed by atoms with Gasteiger partial charge in [-0.25, -0.2) is 0 Å². The molecule has 1 heterocycles. The van der Waals surface area contributed by atoms with Gasteiger partial charge in [0.2, 0.25) is 0 Å². The zero-order valence-corrected chi connectivity index (χ0v) is 12.8. The van der Waals surface area contributed by atoms with Crippen molar-refractivity contribution < 1.29 is 4.74 Å². The fourth-order valence-electron chi connectivity index (χ4n) is 2.67. The van der Waals surface area contributed by atoms with E-state index in [1.807, 2.05) is 18.2 Å². The Morgan fingerprint density at radius 2 is 2.21 bits per heavy atom. The Morgan fingerprint density at radius 3 is 2.95 bits per heavy atom. The van der Waals surface area contributed by atoms with Gasteiger partial charge in [-0.3, -0.25) is 4.90 Å². The average Bonchev–Trinajstić information content (AvgIpc) is 2.50. The molecule has 3 nitrogen and oxygen atoms in total. The second-order valence-corrected chi connectivity index (χ2v) is 6.27. The van der Waals surface area contributed by atoms with E-state index in [1.54, 1.807) is 7.11 Å². The summed E-state index contributed by atoms with van der Waals surface area (Å²) in [7, 11) is 1.71. The van der Waals surface area contributed by atoms with Gasteiger partial charge in [-0.1, -0.05) is 11.6 Å². The molecule has 0 amide bonds. The number of hydrogen-bond acceptors (Lipinski definition) is 3. The van der Waals surface area contributed by atoms with E-state index >= 15 is 0 Å². The second kappa shape index (κ2) is 6.12. The second-order valence-electron chi connectivity index (χ2n) is 5.83. The van der Waals surface area contributed by atoms with Crippen molar-refractivity contribution >= 4 is 11.6 Å². The molecule has 19 heavy (non-hydrogen) atoms. The third-order valence-electron chi connectivity index (χ3n) is 3.51. The molecule has 0 spiro atoms. The molecule has 1 fully saturated rings. The molecule has 1 saturated heterocycles. The Kier molecular flexibility index (Phi) is 4.71. The molecule has 1 N–H and O–H groups in total. The third kappa shape index (κ3) is 4.10. The molecule has 0 aromatic heterocycles. The van der Waals surface area contributed by atoms with E-state index < -0.39 is 0 Å². The Morgan fingerprint density at radius 1 is 1.42 bits per heavy atom. The molecular formula is C15H23ClN2O. The summed E-state index contributed by atoms with van der Waals surface area (Å²) in [6, 6.07) is 5.82. The van der Waals surface area contributed by atoms with Crippen LogP contribution in [-0.2, 0) is 6.54 Å². The van der Waals surface area contributed by atoms with Crippen LogP contribution in [0.1, 0.15) is 25.8 Å². The molecule has 0 bridgehead atoms. The van der Waals surface area contributed by atoms with E-state index in [0.717, 1.165) is 42.5 Å². The smallest absolute Gasteiger partial charge is 0.123 e. The number of nitrogens with one attached hydrogen (secondary N) is 1. The SMILES string of the molecule is COc1ccc(Cl)cc1CN1CCCNC(C)(C)C1. The fraction of sp³-hybridized carbons (Fsp3) is 0.600. The van der Waals surface area contributed by atoms with Crippen molar-refractivity contribution in [2.75, 3.05) is 26.7 Å². The molecule has 0 saturated carbocycles. The molecule has 0 atom stereocenters. The van der Waals surface area contributed by atoms with Gasteiger partial charge in [0.15, 0.2) is 0 Å². The topological polar surface area (TPSA) is 24.5 Å². The van der Waals surface area contributed by atoms with Gasteiger partial charge in [0.05, 0.1) is 7.11 Å². The van der Waals surface area contributed by atoms with E-state index in [2.05, 4.69) is 24.1 Å². The van der Waals surface area contributed by atoms with Crippen molar-refractivity contribution in [2.45, 2.75) is 32.4 Å². The highest BCUT2D eigenvalue weighted by atomic mass is 35.5. The van der Waals surface area contributed by atoms with Crippen LogP contribution in [0.2, 0.25) is 5.02 Å². The largest absolute Gasteiger partial charge is 0.496 e. The molecule has 0 radical (unpaired) electrons. The van der Waals surface area contributed by atoms with Gasteiger partial charge in [0.25, 0.3) is 0 Å². The standard InChI is InChI=1S/C15H23ClN2O/c1-15(2)11-18(8-4-7-17-15)10-12-9-13(16)5-6-14(12)19-3/h5-6,9,17H,4,7-8,10-11H2,1-3H3. The summed E-state index contributed by atoms with van der Waals surface area (Å²) in [4.78, 5) is 2.47. The monoisotopic (exact) mass is 282 g/mol. The number of benzene rings is 1. The Hall–Kier alpha value is -0.770. The Labute approximate surface area is 120 Å². The van der Waals surface area contributed by atoms with Crippen LogP contribution in [-0.4, -0.2) is 37.2 Å². The number of halogens is 1. The molecule has 1 aromatic rings. The van der Waals surface area contributed by atoms with E-state index in [-0.39, 0.29) is 5.54 Å². The third-order valence-corrected chi connectivity index (χ3v) is 3.75. The minimum atomic E-state index is 0.155. The molecule has 4 heteroatoms. The van der Waals surface area contributed by atoms with E-state index in [1.165, 1.54) is 6.42 Å². The van der Waals surface area contributed by atoms with Crippen molar-refractivity contribution in [2.24, 2.45) is 0 Å². The van der Waals surface area contributed by atoms with Crippen LogP contribution in [0, 0.1) is 0 Å². The van der Waals surface area contributed by atoms with Crippen molar-refractivity contribution in [1.29, 1.82) is 0 Å². The lowest BCUT2D eigenvalue weighted by Crippen LogP contribution is -2.46. The maximum absolute atomic E-state index is 6.09. The van der Waals surface area contributed by atoms with Crippen molar-refractivity contribution in [3.63, 3.8) is 0 Å². The van der Waals surface area contributed by atoms with Gasteiger partial charge in [-0.05, 0) is 51.6 Å². The normalized spacial score (nSPS) is 20.0. The van der Waals surface area contributed by atoms with Crippen LogP contribution in [0.5, 0.6) is 5.75 Å². The van der Waals surface area contributed by atoms with Crippen LogP contribution in [0.3, 0.4) is 0 Å². The van der Waals surface area contributed by atoms with Crippen LogP contribution in [0.15, 0.2) is 18.2 Å². The predicted octanol–water partition coefficient (Wildman–Crippen LogP) is 2.92. The molecule has 1 aliphatic rings. The lowest BCUT2D eigenvalue weighted by Gasteiger charge is -2.30. The zero-order chi connectivity index (χ0) is 13.9. The van der Waals surface area contributed by atoms with Crippen LogP contribution in [0.4, 0.5) is 0 Å². The summed E-state index contributed by atoms with van der Waals surface area (Å²) < 4.78 is 5.42. The van der Waals surface area contributed by atoms with Gasteiger partial charge < -0.3 is 10.1 Å². The molecule has 0 unspecified atom stereocenters. The molecule has 0 aliphatic carbocycles. The Bertz CT molecular complexity index is 434. The quantitative estimate of drug-likeness (QED) is 0.923. The molecule has 106 valence electrons. The summed E-state index contributed by atoms with van der Waals surface area (Å²) >= 11 is 6.09. The van der Waals surface area contributed by atoms with Gasteiger partial charge in [-0.15, -0.1) is 0 Å². The summed E-state index contributed by atoms with van der Waals surface area (Å²) in [6.45, 7) is 8.60. The minimum Gasteiger partial charge on any atom is -0.496 e. The first-order valence-electron chi connectivity index (χ1n) is 6.80. The van der Waals surface area contributed by atoms with E-state index in [4.69, 9.17) is 16.3 Å². The summed E-state index contributed by atoms with van der Waals surface area (Å²) in [6.07, 6.45) is 1.17. The molecular weight excluding hydrogens is 260 g/mol. The predicted molar refractivity (Wildman–Crippen MR) is 80.0 cm³/mol. The number of hydrogen-bond donors (Lipinski definition) is 1. The number of methoxy groups -OCH3 is 1. The maximum atomic E-state index is 6.09. The van der Waals surface area contributed by atoms with Crippen molar-refractivity contribution in [1.82, 2.24) is 10.2 Å². The van der Waals surface area contributed by atoms with Gasteiger partial charge >= 0.3 is 0 Å². The van der Waals surface area contributed by atoms with Gasteiger partial charge in [-0.2, -0.15) is 0 Å². The first-order chi connectivity index (χ1) is 9.00. The highest BCUT2D eigenvalue weighted by Gasteiger charge is 2.24. The summed E-state index contributed by atoms with van der Waals surface area (Å²) in [5.74, 6) is 0.916. The lowest BCUT2D eigenvalue weighted by atomic mass is 10.1. The lowest BCUT2D eigenvalue weighted by molar-refractivity contribution is 0.221. The van der Waals surface area contributed by atoms with Gasteiger partial charge in [0.1, 0.15) is 5.75 Å².